The molecule has 0 aliphatic rings. The first-order valence-corrected chi connectivity index (χ1v) is 7.98. The van der Waals surface area contributed by atoms with Crippen LogP contribution in [-0.4, -0.2) is 17.4 Å². The Morgan fingerprint density at radius 1 is 1.24 bits per heavy atom. The lowest BCUT2D eigenvalue weighted by atomic mass is 10.1. The fraction of sp³-hybridized carbons (Fsp3) is 0.235. The fourth-order valence-electron chi connectivity index (χ4n) is 2.20. The highest BCUT2D eigenvalue weighted by atomic mass is 79.9. The molecule has 4 heteroatoms. The van der Waals surface area contributed by atoms with Crippen LogP contribution in [0.15, 0.2) is 46.9 Å². The average Bonchev–Trinajstić information content (AvgIpc) is 2.44. The molecule has 0 atom stereocenters. The summed E-state index contributed by atoms with van der Waals surface area (Å²) in [6, 6.07) is 13.4. The van der Waals surface area contributed by atoms with E-state index in [9.17, 15) is 4.79 Å². The van der Waals surface area contributed by atoms with Gasteiger partial charge in [0.1, 0.15) is 0 Å². The number of aryl methyl sites for hydroxylation is 1. The number of amides is 1. The topological polar surface area (TPSA) is 20.3 Å². The van der Waals surface area contributed by atoms with Crippen LogP contribution in [0.5, 0.6) is 0 Å². The molecule has 21 heavy (non-hydrogen) atoms. The summed E-state index contributed by atoms with van der Waals surface area (Å²) < 4.78 is 0.916. The molecule has 0 aliphatic carbocycles. The molecule has 0 fully saturated rings. The maximum Gasteiger partial charge on any atom is 0.254 e. The normalized spacial score (nSPS) is 10.5. The van der Waals surface area contributed by atoms with Gasteiger partial charge in [-0.1, -0.05) is 45.7 Å². The molecule has 110 valence electrons. The minimum Gasteiger partial charge on any atom is -0.335 e. The molecule has 0 radical (unpaired) electrons. The Balaban J connectivity index is 2.24. The third-order valence-electron chi connectivity index (χ3n) is 3.28. The lowest BCUT2D eigenvalue weighted by Crippen LogP contribution is -2.30. The van der Waals surface area contributed by atoms with Crippen LogP contribution < -0.4 is 0 Å². The number of hydrogen-bond donors (Lipinski definition) is 0. The Hall–Kier alpha value is -1.32. The lowest BCUT2D eigenvalue weighted by molar-refractivity contribution is 0.0752. The van der Waals surface area contributed by atoms with Crippen molar-refractivity contribution >= 4 is 33.4 Å². The molecule has 2 rings (SSSR count). The van der Waals surface area contributed by atoms with Gasteiger partial charge in [0.05, 0.1) is 0 Å². The van der Waals surface area contributed by atoms with E-state index in [1.165, 1.54) is 0 Å². The maximum absolute atomic E-state index is 12.7. The second-order valence-electron chi connectivity index (χ2n) is 4.93. The number of nitrogens with zero attached hydrogens (tertiary/aromatic N) is 1. The van der Waals surface area contributed by atoms with Gasteiger partial charge in [-0.15, -0.1) is 0 Å². The van der Waals surface area contributed by atoms with Crippen LogP contribution in [0.4, 0.5) is 0 Å². The predicted molar refractivity (Wildman–Crippen MR) is 90.7 cm³/mol. The molecule has 2 aromatic rings. The van der Waals surface area contributed by atoms with Crippen molar-refractivity contribution in [1.82, 2.24) is 4.90 Å². The summed E-state index contributed by atoms with van der Waals surface area (Å²) in [5, 5.41) is 0.689. The van der Waals surface area contributed by atoms with E-state index in [2.05, 4.69) is 15.9 Å². The lowest BCUT2D eigenvalue weighted by Gasteiger charge is -2.22. The number of carbonyl (C=O) groups is 1. The van der Waals surface area contributed by atoms with Crippen LogP contribution in [0.2, 0.25) is 5.02 Å². The second kappa shape index (κ2) is 7.10. The minimum atomic E-state index is 0.0156. The van der Waals surface area contributed by atoms with Gasteiger partial charge in [-0.2, -0.15) is 0 Å². The number of halogens is 2. The summed E-state index contributed by atoms with van der Waals surface area (Å²) in [7, 11) is 0. The van der Waals surface area contributed by atoms with Crippen molar-refractivity contribution in [3.63, 3.8) is 0 Å². The average molecular weight is 367 g/mol. The van der Waals surface area contributed by atoms with E-state index >= 15 is 0 Å². The van der Waals surface area contributed by atoms with E-state index in [-0.39, 0.29) is 5.91 Å². The third-order valence-corrected chi connectivity index (χ3v) is 4.10. The molecule has 0 saturated carbocycles. The van der Waals surface area contributed by atoms with Crippen molar-refractivity contribution in [2.45, 2.75) is 20.4 Å². The molecule has 2 nitrogen and oxygen atoms in total. The zero-order valence-corrected chi connectivity index (χ0v) is 14.4. The molecule has 0 bridgehead atoms. The van der Waals surface area contributed by atoms with Gasteiger partial charge in [0.15, 0.2) is 0 Å². The van der Waals surface area contributed by atoms with E-state index in [0.29, 0.717) is 23.7 Å². The Labute approximate surface area is 138 Å². The predicted octanol–water partition coefficient (Wildman–Crippen LogP) is 5.07. The molecule has 0 aliphatic heterocycles. The summed E-state index contributed by atoms with van der Waals surface area (Å²) >= 11 is 9.62. The zero-order valence-electron chi connectivity index (χ0n) is 12.1. The van der Waals surface area contributed by atoms with Gasteiger partial charge in [-0.05, 0) is 49.2 Å². The van der Waals surface area contributed by atoms with Crippen molar-refractivity contribution in [3.05, 3.63) is 68.7 Å². The molecular weight excluding hydrogens is 350 g/mol. The van der Waals surface area contributed by atoms with Crippen molar-refractivity contribution in [2.75, 3.05) is 6.54 Å². The van der Waals surface area contributed by atoms with Crippen LogP contribution in [0.1, 0.15) is 28.4 Å². The standard InChI is InChI=1S/C17H17BrClNO/c1-3-20(11-13-6-4-5-7-16(13)19)17(21)14-8-12(2)9-15(18)10-14/h4-10H,3,11H2,1-2H3. The maximum atomic E-state index is 12.7. The van der Waals surface area contributed by atoms with Crippen LogP contribution >= 0.6 is 27.5 Å². The summed E-state index contributed by atoms with van der Waals surface area (Å²) in [5.74, 6) is 0.0156. The van der Waals surface area contributed by atoms with Gasteiger partial charge >= 0.3 is 0 Å². The van der Waals surface area contributed by atoms with Gasteiger partial charge < -0.3 is 4.90 Å². The van der Waals surface area contributed by atoms with Crippen LogP contribution in [0, 0.1) is 6.92 Å². The molecule has 0 aromatic heterocycles. The Morgan fingerprint density at radius 2 is 1.95 bits per heavy atom. The number of hydrogen-bond acceptors (Lipinski definition) is 1. The summed E-state index contributed by atoms with van der Waals surface area (Å²) in [5.41, 5.74) is 2.71. The van der Waals surface area contributed by atoms with Gasteiger partial charge in [-0.25, -0.2) is 0 Å². The third kappa shape index (κ3) is 4.08. The Kier molecular flexibility index (Phi) is 5.43. The highest BCUT2D eigenvalue weighted by Crippen LogP contribution is 2.20. The highest BCUT2D eigenvalue weighted by molar-refractivity contribution is 9.10. The Bertz CT molecular complexity index is 637. The van der Waals surface area contributed by atoms with Gasteiger partial charge in [0, 0.05) is 28.1 Å². The minimum absolute atomic E-state index is 0.0156. The first-order chi connectivity index (χ1) is 10.0. The highest BCUT2D eigenvalue weighted by Gasteiger charge is 2.16. The van der Waals surface area contributed by atoms with Crippen LogP contribution in [0.3, 0.4) is 0 Å². The van der Waals surface area contributed by atoms with E-state index in [0.717, 1.165) is 15.6 Å². The van der Waals surface area contributed by atoms with E-state index in [4.69, 9.17) is 11.6 Å². The SMILES string of the molecule is CCN(Cc1ccccc1Cl)C(=O)c1cc(C)cc(Br)c1. The molecule has 0 heterocycles. The first kappa shape index (κ1) is 16.1. The molecule has 0 spiro atoms. The van der Waals surface area contributed by atoms with Crippen molar-refractivity contribution in [3.8, 4) is 0 Å². The van der Waals surface area contributed by atoms with Crippen LogP contribution in [0.25, 0.3) is 0 Å². The second-order valence-corrected chi connectivity index (χ2v) is 6.25. The number of benzene rings is 2. The fourth-order valence-corrected chi connectivity index (χ4v) is 3.01. The van der Waals surface area contributed by atoms with E-state index in [1.807, 2.05) is 56.3 Å². The number of carbonyl (C=O) groups excluding carboxylic acids is 1. The zero-order chi connectivity index (χ0) is 15.4. The van der Waals surface area contributed by atoms with Crippen LogP contribution in [-0.2, 0) is 6.54 Å². The van der Waals surface area contributed by atoms with Crippen molar-refractivity contribution < 1.29 is 4.79 Å². The van der Waals surface area contributed by atoms with Gasteiger partial charge in [0.25, 0.3) is 5.91 Å². The number of rotatable bonds is 4. The molecule has 2 aromatic carbocycles. The summed E-state index contributed by atoms with van der Waals surface area (Å²) in [6.07, 6.45) is 0. The largest absolute Gasteiger partial charge is 0.335 e. The summed E-state index contributed by atoms with van der Waals surface area (Å²) in [4.78, 5) is 14.5. The monoisotopic (exact) mass is 365 g/mol. The van der Waals surface area contributed by atoms with Crippen molar-refractivity contribution in [2.24, 2.45) is 0 Å². The first-order valence-electron chi connectivity index (χ1n) is 6.81. The van der Waals surface area contributed by atoms with Gasteiger partial charge in [0.2, 0.25) is 0 Å². The Morgan fingerprint density at radius 3 is 2.57 bits per heavy atom. The van der Waals surface area contributed by atoms with E-state index < -0.39 is 0 Å². The smallest absolute Gasteiger partial charge is 0.254 e. The molecule has 1 amide bonds. The summed E-state index contributed by atoms with van der Waals surface area (Å²) in [6.45, 7) is 5.10. The molecular formula is C17H17BrClNO. The van der Waals surface area contributed by atoms with Gasteiger partial charge in [-0.3, -0.25) is 4.79 Å². The quantitative estimate of drug-likeness (QED) is 0.739. The van der Waals surface area contributed by atoms with Crippen molar-refractivity contribution in [1.29, 1.82) is 0 Å². The molecule has 0 saturated heterocycles. The molecule has 0 N–H and O–H groups in total. The van der Waals surface area contributed by atoms with E-state index in [1.54, 1.807) is 4.90 Å². The molecule has 0 unspecified atom stereocenters.